The second kappa shape index (κ2) is 4.72. The first-order valence-corrected chi connectivity index (χ1v) is 5.69. The Morgan fingerprint density at radius 1 is 1.31 bits per heavy atom. The van der Waals surface area contributed by atoms with Gasteiger partial charge in [-0.1, -0.05) is 23.4 Å². The molecule has 2 nitrogen and oxygen atoms in total. The molecule has 0 spiro atoms. The van der Waals surface area contributed by atoms with Crippen LogP contribution in [0.1, 0.15) is 0 Å². The minimum atomic E-state index is -0.353. The number of hydrogen-bond acceptors (Lipinski definition) is 3. The predicted octanol–water partition coefficient (Wildman–Crippen LogP) is 3.61. The van der Waals surface area contributed by atoms with Crippen molar-refractivity contribution in [2.24, 2.45) is 0 Å². The molecular formula is C11H8ClFN2S. The number of aromatic nitrogens is 1. The molecule has 0 fully saturated rings. The third-order valence-corrected chi connectivity index (χ3v) is 3.43. The van der Waals surface area contributed by atoms with E-state index in [4.69, 9.17) is 17.3 Å². The number of pyridine rings is 1. The van der Waals surface area contributed by atoms with Crippen molar-refractivity contribution in [3.8, 4) is 0 Å². The summed E-state index contributed by atoms with van der Waals surface area (Å²) in [5.41, 5.74) is 6.07. The lowest BCUT2D eigenvalue weighted by molar-refractivity contribution is 0.627. The van der Waals surface area contributed by atoms with Gasteiger partial charge in [0.2, 0.25) is 0 Å². The molecule has 0 saturated carbocycles. The molecule has 0 aliphatic carbocycles. The number of rotatable bonds is 2. The maximum absolute atomic E-state index is 12.8. The van der Waals surface area contributed by atoms with Crippen molar-refractivity contribution < 1.29 is 4.39 Å². The maximum atomic E-state index is 12.8. The Morgan fingerprint density at radius 2 is 2.12 bits per heavy atom. The van der Waals surface area contributed by atoms with Crippen molar-refractivity contribution in [1.82, 2.24) is 4.98 Å². The van der Waals surface area contributed by atoms with Gasteiger partial charge in [0, 0.05) is 16.8 Å². The van der Waals surface area contributed by atoms with Gasteiger partial charge in [0.15, 0.2) is 0 Å². The highest BCUT2D eigenvalue weighted by Crippen LogP contribution is 2.34. The smallest absolute Gasteiger partial charge is 0.125 e. The molecule has 2 rings (SSSR count). The van der Waals surface area contributed by atoms with Crippen LogP contribution in [0.2, 0.25) is 5.02 Å². The summed E-state index contributed by atoms with van der Waals surface area (Å²) in [6, 6.07) is 7.74. The second-order valence-corrected chi connectivity index (χ2v) is 4.51. The standard InChI is InChI=1S/C11H8ClFN2S/c12-8-2-1-5-15-11(8)16-10-4-3-7(13)6-9(10)14/h1-6H,14H2. The van der Waals surface area contributed by atoms with Gasteiger partial charge < -0.3 is 5.73 Å². The topological polar surface area (TPSA) is 38.9 Å². The molecule has 82 valence electrons. The summed E-state index contributed by atoms with van der Waals surface area (Å²) in [7, 11) is 0. The molecule has 1 heterocycles. The van der Waals surface area contributed by atoms with Crippen LogP contribution in [0, 0.1) is 5.82 Å². The van der Waals surface area contributed by atoms with E-state index in [1.54, 1.807) is 24.4 Å². The van der Waals surface area contributed by atoms with Crippen molar-refractivity contribution in [3.05, 3.63) is 47.4 Å². The molecule has 1 aromatic heterocycles. The summed E-state index contributed by atoms with van der Waals surface area (Å²) in [6.45, 7) is 0. The summed E-state index contributed by atoms with van der Waals surface area (Å²) in [4.78, 5) is 4.86. The molecule has 0 saturated heterocycles. The van der Waals surface area contributed by atoms with E-state index in [0.29, 0.717) is 15.7 Å². The quantitative estimate of drug-likeness (QED) is 0.832. The molecule has 0 atom stereocenters. The van der Waals surface area contributed by atoms with Crippen LogP contribution in [0.25, 0.3) is 0 Å². The molecule has 1 aromatic carbocycles. The summed E-state index contributed by atoms with van der Waals surface area (Å²) in [5, 5.41) is 1.21. The second-order valence-electron chi connectivity index (χ2n) is 3.07. The van der Waals surface area contributed by atoms with E-state index in [2.05, 4.69) is 4.98 Å². The van der Waals surface area contributed by atoms with Gasteiger partial charge in [0.25, 0.3) is 0 Å². The Bertz CT molecular complexity index is 519. The van der Waals surface area contributed by atoms with Crippen LogP contribution in [-0.2, 0) is 0 Å². The first kappa shape index (κ1) is 11.2. The van der Waals surface area contributed by atoms with E-state index in [1.165, 1.54) is 23.9 Å². The number of halogens is 2. The Labute approximate surface area is 102 Å². The van der Waals surface area contributed by atoms with E-state index in [9.17, 15) is 4.39 Å². The highest BCUT2D eigenvalue weighted by atomic mass is 35.5. The maximum Gasteiger partial charge on any atom is 0.125 e. The zero-order valence-corrected chi connectivity index (χ0v) is 9.73. The van der Waals surface area contributed by atoms with E-state index in [1.807, 2.05) is 0 Å². The zero-order chi connectivity index (χ0) is 11.5. The molecule has 2 aromatic rings. The lowest BCUT2D eigenvalue weighted by atomic mass is 10.3. The van der Waals surface area contributed by atoms with Crippen molar-refractivity contribution >= 4 is 29.1 Å². The van der Waals surface area contributed by atoms with E-state index in [0.717, 1.165) is 4.90 Å². The summed E-state index contributed by atoms with van der Waals surface area (Å²) < 4.78 is 12.8. The lowest BCUT2D eigenvalue weighted by Crippen LogP contribution is -1.90. The van der Waals surface area contributed by atoms with E-state index >= 15 is 0 Å². The Hall–Kier alpha value is -1.26. The van der Waals surface area contributed by atoms with Gasteiger partial charge in [-0.25, -0.2) is 9.37 Å². The van der Waals surface area contributed by atoms with Crippen molar-refractivity contribution in [3.63, 3.8) is 0 Å². The molecular weight excluding hydrogens is 247 g/mol. The van der Waals surface area contributed by atoms with Crippen LogP contribution < -0.4 is 5.73 Å². The SMILES string of the molecule is Nc1cc(F)ccc1Sc1ncccc1Cl. The fourth-order valence-electron chi connectivity index (χ4n) is 1.16. The molecule has 0 aliphatic heterocycles. The van der Waals surface area contributed by atoms with Gasteiger partial charge in [-0.3, -0.25) is 0 Å². The normalized spacial score (nSPS) is 10.4. The highest BCUT2D eigenvalue weighted by molar-refractivity contribution is 7.99. The molecule has 16 heavy (non-hydrogen) atoms. The Kier molecular flexibility index (Phi) is 3.31. The fourth-order valence-corrected chi connectivity index (χ4v) is 2.20. The average Bonchev–Trinajstić information content (AvgIpc) is 2.25. The third-order valence-electron chi connectivity index (χ3n) is 1.90. The molecule has 0 bridgehead atoms. The summed E-state index contributed by atoms with van der Waals surface area (Å²) >= 11 is 7.27. The minimum Gasteiger partial charge on any atom is -0.398 e. The molecule has 0 amide bonds. The van der Waals surface area contributed by atoms with Crippen LogP contribution >= 0.6 is 23.4 Å². The highest BCUT2D eigenvalue weighted by Gasteiger charge is 2.06. The number of nitrogens with zero attached hydrogens (tertiary/aromatic N) is 1. The number of nitrogens with two attached hydrogens (primary N) is 1. The van der Waals surface area contributed by atoms with E-state index < -0.39 is 0 Å². The molecule has 0 radical (unpaired) electrons. The number of benzene rings is 1. The van der Waals surface area contributed by atoms with Crippen LogP contribution in [0.5, 0.6) is 0 Å². The predicted molar refractivity (Wildman–Crippen MR) is 64.2 cm³/mol. The van der Waals surface area contributed by atoms with Gasteiger partial charge in [-0.2, -0.15) is 0 Å². The third kappa shape index (κ3) is 2.46. The fraction of sp³-hybridized carbons (Fsp3) is 0. The van der Waals surface area contributed by atoms with Crippen molar-refractivity contribution in [2.75, 3.05) is 5.73 Å². The molecule has 0 unspecified atom stereocenters. The van der Waals surface area contributed by atoms with Crippen molar-refractivity contribution in [1.29, 1.82) is 0 Å². The summed E-state index contributed by atoms with van der Waals surface area (Å²) in [5.74, 6) is -0.353. The van der Waals surface area contributed by atoms with Gasteiger partial charge in [-0.05, 0) is 30.3 Å². The van der Waals surface area contributed by atoms with Gasteiger partial charge in [0.05, 0.1) is 5.02 Å². The van der Waals surface area contributed by atoms with Crippen LogP contribution in [-0.4, -0.2) is 4.98 Å². The molecule has 5 heteroatoms. The van der Waals surface area contributed by atoms with Gasteiger partial charge in [-0.15, -0.1) is 0 Å². The van der Waals surface area contributed by atoms with Crippen LogP contribution in [0.3, 0.4) is 0 Å². The van der Waals surface area contributed by atoms with Crippen LogP contribution in [0.15, 0.2) is 46.5 Å². The summed E-state index contributed by atoms with van der Waals surface area (Å²) in [6.07, 6.45) is 1.65. The number of hydrogen-bond donors (Lipinski definition) is 1. The average molecular weight is 255 g/mol. The number of anilines is 1. The molecule has 0 aliphatic rings. The Balaban J connectivity index is 2.31. The minimum absolute atomic E-state index is 0.353. The Morgan fingerprint density at radius 3 is 2.81 bits per heavy atom. The lowest BCUT2D eigenvalue weighted by Gasteiger charge is -2.05. The monoisotopic (exact) mass is 254 g/mol. The van der Waals surface area contributed by atoms with Crippen molar-refractivity contribution in [2.45, 2.75) is 9.92 Å². The van der Waals surface area contributed by atoms with Gasteiger partial charge in [0.1, 0.15) is 10.8 Å². The largest absolute Gasteiger partial charge is 0.398 e. The van der Waals surface area contributed by atoms with E-state index in [-0.39, 0.29) is 5.82 Å². The first-order valence-electron chi connectivity index (χ1n) is 4.50. The number of nitrogen functional groups attached to an aromatic ring is 1. The zero-order valence-electron chi connectivity index (χ0n) is 8.15. The van der Waals surface area contributed by atoms with Crippen LogP contribution in [0.4, 0.5) is 10.1 Å². The molecule has 2 N–H and O–H groups in total. The van der Waals surface area contributed by atoms with Gasteiger partial charge >= 0.3 is 0 Å². The first-order chi connectivity index (χ1) is 7.66.